The molecule has 2 rings (SSSR count). The highest BCUT2D eigenvalue weighted by Gasteiger charge is 2.33. The summed E-state index contributed by atoms with van der Waals surface area (Å²) >= 11 is 6.04. The first-order valence-corrected chi connectivity index (χ1v) is 6.69. The molecule has 0 aliphatic heterocycles. The maximum Gasteiger partial charge on any atom is 0.391 e. The molecule has 2 heterocycles. The second kappa shape index (κ2) is 5.24. The van der Waals surface area contributed by atoms with E-state index in [1.807, 2.05) is 0 Å². The highest BCUT2D eigenvalue weighted by atomic mass is 35.5. The van der Waals surface area contributed by atoms with E-state index in [1.165, 1.54) is 11.5 Å². The highest BCUT2D eigenvalue weighted by molar-refractivity contribution is 6.20. The van der Waals surface area contributed by atoms with Crippen molar-refractivity contribution >= 4 is 22.8 Å². The van der Waals surface area contributed by atoms with Crippen molar-refractivity contribution < 1.29 is 13.2 Å². The second-order valence-electron chi connectivity index (χ2n) is 4.92. The molecule has 0 fully saturated rings. The van der Waals surface area contributed by atoms with Crippen molar-refractivity contribution in [3.8, 4) is 0 Å². The molecule has 0 aliphatic rings. The van der Waals surface area contributed by atoms with Crippen molar-refractivity contribution in [3.63, 3.8) is 0 Å². The minimum atomic E-state index is -4.24. The molecule has 0 amide bonds. The lowest BCUT2D eigenvalue weighted by atomic mass is 10.2. The molecular weight excluding hydrogens is 291 g/mol. The summed E-state index contributed by atoms with van der Waals surface area (Å²) in [7, 11) is 0. The molecule has 3 nitrogen and oxygen atoms in total. The molecule has 0 spiro atoms. The molecule has 0 saturated heterocycles. The number of alkyl halides is 4. The Morgan fingerprint density at radius 1 is 1.25 bits per heavy atom. The van der Waals surface area contributed by atoms with E-state index in [4.69, 9.17) is 11.6 Å². The highest BCUT2D eigenvalue weighted by Crippen LogP contribution is 2.33. The van der Waals surface area contributed by atoms with E-state index in [1.54, 1.807) is 26.0 Å². The van der Waals surface area contributed by atoms with Gasteiger partial charge in [0.25, 0.3) is 0 Å². The van der Waals surface area contributed by atoms with Crippen molar-refractivity contribution in [1.82, 2.24) is 14.5 Å². The van der Waals surface area contributed by atoms with E-state index in [9.17, 15) is 13.2 Å². The van der Waals surface area contributed by atoms with Gasteiger partial charge < -0.3 is 4.57 Å². The van der Waals surface area contributed by atoms with Gasteiger partial charge in [-0.3, -0.25) is 0 Å². The predicted octanol–water partition coefficient (Wildman–Crippen LogP) is 4.55. The average molecular weight is 306 g/mol. The van der Waals surface area contributed by atoms with Gasteiger partial charge in [-0.2, -0.15) is 13.2 Å². The fraction of sp³-hybridized carbons (Fsp3) is 0.538. The Labute approximate surface area is 119 Å². The molecule has 0 saturated carbocycles. The smallest absolute Gasteiger partial charge is 0.308 e. The molecule has 0 aliphatic carbocycles. The van der Waals surface area contributed by atoms with Gasteiger partial charge in [0.1, 0.15) is 11.3 Å². The van der Waals surface area contributed by atoms with E-state index >= 15 is 0 Å². The predicted molar refractivity (Wildman–Crippen MR) is 71.9 cm³/mol. The molecule has 2 atom stereocenters. The third-order valence-corrected chi connectivity index (χ3v) is 3.22. The third-order valence-electron chi connectivity index (χ3n) is 3.03. The van der Waals surface area contributed by atoms with Crippen LogP contribution in [0, 0.1) is 6.92 Å². The van der Waals surface area contributed by atoms with Crippen LogP contribution in [-0.4, -0.2) is 20.7 Å². The van der Waals surface area contributed by atoms with Crippen molar-refractivity contribution in [3.05, 3.63) is 23.7 Å². The summed E-state index contributed by atoms with van der Waals surface area (Å²) in [4.78, 5) is 8.61. The first-order valence-electron chi connectivity index (χ1n) is 6.25. The Kier molecular flexibility index (Phi) is 3.95. The van der Waals surface area contributed by atoms with E-state index < -0.39 is 24.0 Å². The number of fused-ring (bicyclic) bond motifs is 1. The quantitative estimate of drug-likeness (QED) is 0.779. The van der Waals surface area contributed by atoms with Crippen LogP contribution in [0.2, 0.25) is 0 Å². The normalized spacial score (nSPS) is 15.6. The van der Waals surface area contributed by atoms with Gasteiger partial charge >= 0.3 is 6.18 Å². The lowest BCUT2D eigenvalue weighted by Crippen LogP contribution is -2.18. The number of imidazole rings is 1. The van der Waals surface area contributed by atoms with Crippen molar-refractivity contribution in [2.75, 3.05) is 0 Å². The lowest BCUT2D eigenvalue weighted by molar-refractivity contribution is -0.141. The molecule has 2 aromatic rings. The standard InChI is InChI=1S/C13H15ClF3N3/c1-7-4-5-10-12(18-7)20(11(19-10)9(3)14)8(2)6-13(15,16)17/h4-5,8-9H,6H2,1-3H3. The zero-order chi connectivity index (χ0) is 15.1. The Bertz CT molecular complexity index is 619. The Balaban J connectivity index is 2.58. The topological polar surface area (TPSA) is 30.7 Å². The minimum absolute atomic E-state index is 0.413. The molecule has 20 heavy (non-hydrogen) atoms. The van der Waals surface area contributed by atoms with Crippen LogP contribution in [0.3, 0.4) is 0 Å². The number of aryl methyl sites for hydroxylation is 1. The first kappa shape index (κ1) is 15.1. The number of aromatic nitrogens is 3. The van der Waals surface area contributed by atoms with Gasteiger partial charge in [-0.05, 0) is 32.9 Å². The number of pyridine rings is 1. The zero-order valence-corrected chi connectivity index (χ0v) is 12.1. The second-order valence-corrected chi connectivity index (χ2v) is 5.57. The Morgan fingerprint density at radius 2 is 1.90 bits per heavy atom. The summed E-state index contributed by atoms with van der Waals surface area (Å²) in [6.45, 7) is 4.98. The van der Waals surface area contributed by atoms with Gasteiger partial charge in [-0.25, -0.2) is 9.97 Å². The fourth-order valence-corrected chi connectivity index (χ4v) is 2.38. The van der Waals surface area contributed by atoms with Crippen LogP contribution in [0.25, 0.3) is 11.2 Å². The number of rotatable bonds is 3. The van der Waals surface area contributed by atoms with Crippen LogP contribution in [0.1, 0.15) is 43.2 Å². The van der Waals surface area contributed by atoms with Crippen LogP contribution in [0.5, 0.6) is 0 Å². The Morgan fingerprint density at radius 3 is 2.45 bits per heavy atom. The van der Waals surface area contributed by atoms with Gasteiger partial charge in [0.15, 0.2) is 5.65 Å². The van der Waals surface area contributed by atoms with Gasteiger partial charge in [-0.15, -0.1) is 11.6 Å². The maximum absolute atomic E-state index is 12.6. The minimum Gasteiger partial charge on any atom is -0.308 e. The van der Waals surface area contributed by atoms with Gasteiger partial charge in [0.2, 0.25) is 0 Å². The molecule has 2 unspecified atom stereocenters. The van der Waals surface area contributed by atoms with Crippen molar-refractivity contribution in [2.24, 2.45) is 0 Å². The summed E-state index contributed by atoms with van der Waals surface area (Å²) in [6.07, 6.45) is -5.18. The molecule has 7 heteroatoms. The summed E-state index contributed by atoms with van der Waals surface area (Å²) in [6, 6.07) is 2.72. The molecule has 0 N–H and O–H groups in total. The van der Waals surface area contributed by atoms with E-state index in [0.717, 1.165) is 5.69 Å². The van der Waals surface area contributed by atoms with Crippen LogP contribution in [0.15, 0.2) is 12.1 Å². The largest absolute Gasteiger partial charge is 0.391 e. The Hall–Kier alpha value is -1.30. The lowest BCUT2D eigenvalue weighted by Gasteiger charge is -2.19. The van der Waals surface area contributed by atoms with Crippen LogP contribution >= 0.6 is 11.6 Å². The van der Waals surface area contributed by atoms with Crippen LogP contribution in [0.4, 0.5) is 13.2 Å². The van der Waals surface area contributed by atoms with Crippen LogP contribution in [-0.2, 0) is 0 Å². The van der Waals surface area contributed by atoms with Crippen LogP contribution < -0.4 is 0 Å². The molecule has 0 radical (unpaired) electrons. The number of nitrogens with zero attached hydrogens (tertiary/aromatic N) is 3. The summed E-state index contributed by atoms with van der Waals surface area (Å²) in [5, 5.41) is -0.486. The summed E-state index contributed by atoms with van der Waals surface area (Å²) in [5.74, 6) is 0.413. The van der Waals surface area contributed by atoms with E-state index in [-0.39, 0.29) is 0 Å². The maximum atomic E-state index is 12.6. The van der Waals surface area contributed by atoms with Gasteiger partial charge in [-0.1, -0.05) is 0 Å². The first-order chi connectivity index (χ1) is 9.19. The molecular formula is C13H15ClF3N3. The third kappa shape index (κ3) is 3.06. The molecule has 110 valence electrons. The van der Waals surface area contributed by atoms with E-state index in [0.29, 0.717) is 17.0 Å². The number of halogens is 4. The molecule has 2 aromatic heterocycles. The monoisotopic (exact) mass is 305 g/mol. The number of hydrogen-bond donors (Lipinski definition) is 0. The van der Waals surface area contributed by atoms with Crippen molar-refractivity contribution in [2.45, 2.75) is 44.8 Å². The number of hydrogen-bond acceptors (Lipinski definition) is 2. The summed E-state index contributed by atoms with van der Waals surface area (Å²) in [5.41, 5.74) is 1.74. The zero-order valence-electron chi connectivity index (χ0n) is 11.4. The summed E-state index contributed by atoms with van der Waals surface area (Å²) < 4.78 is 39.4. The SMILES string of the molecule is Cc1ccc2nc(C(C)Cl)n(C(C)CC(F)(F)F)c2n1. The average Bonchev–Trinajstić information content (AvgIpc) is 2.65. The van der Waals surface area contributed by atoms with Gasteiger partial charge in [0, 0.05) is 11.7 Å². The van der Waals surface area contributed by atoms with Gasteiger partial charge in [0.05, 0.1) is 11.8 Å². The van der Waals surface area contributed by atoms with E-state index in [2.05, 4.69) is 9.97 Å². The molecule has 0 bridgehead atoms. The molecule has 0 aromatic carbocycles. The fourth-order valence-electron chi connectivity index (χ4n) is 2.23. The van der Waals surface area contributed by atoms with Crippen molar-refractivity contribution in [1.29, 1.82) is 0 Å².